The number of hydrogen-bond acceptors (Lipinski definition) is 4. The molecular weight excluding hydrogens is 442 g/mol. The lowest BCUT2D eigenvalue weighted by Gasteiger charge is -2.06. The second-order valence-corrected chi connectivity index (χ2v) is 6.37. The first kappa shape index (κ1) is 17.8. The monoisotopic (exact) mass is 449 g/mol. The number of nitrogens with one attached hydrogen (secondary N) is 1. The molecule has 1 amide bonds. The Kier molecular flexibility index (Phi) is 5.84. The van der Waals surface area contributed by atoms with Crippen LogP contribution in [0.4, 0.5) is 11.4 Å². The molecule has 120 valence electrons. The van der Waals surface area contributed by atoms with Crippen molar-refractivity contribution in [3.8, 4) is 6.07 Å². The number of halogens is 2. The zero-order valence-electron chi connectivity index (χ0n) is 12.0. The first-order valence-electron chi connectivity index (χ1n) is 6.53. The van der Waals surface area contributed by atoms with E-state index in [2.05, 4.69) is 37.2 Å². The number of rotatable bonds is 4. The van der Waals surface area contributed by atoms with Crippen LogP contribution in [0.1, 0.15) is 5.56 Å². The molecule has 1 N–H and O–H groups in total. The Labute approximate surface area is 154 Å². The second-order valence-electron chi connectivity index (χ2n) is 4.60. The maximum absolute atomic E-state index is 12.2. The van der Waals surface area contributed by atoms with Crippen LogP contribution in [0.5, 0.6) is 0 Å². The number of carbonyl (C=O) groups excluding carboxylic acids is 1. The van der Waals surface area contributed by atoms with Gasteiger partial charge < -0.3 is 5.32 Å². The van der Waals surface area contributed by atoms with Crippen molar-refractivity contribution in [1.82, 2.24) is 0 Å². The van der Waals surface area contributed by atoms with Gasteiger partial charge in [0.1, 0.15) is 11.6 Å². The molecule has 0 saturated carbocycles. The Hall–Kier alpha value is -2.50. The van der Waals surface area contributed by atoms with Gasteiger partial charge in [0.05, 0.1) is 10.6 Å². The van der Waals surface area contributed by atoms with Gasteiger partial charge in [-0.1, -0.05) is 28.1 Å². The standard InChI is InChI=1S/C16H9Br2N3O3/c17-12-3-1-10(2-4-12)7-11(9-19)16(22)20-15-6-5-13(21(23)24)8-14(15)18/h1-8H,(H,20,22). The van der Waals surface area contributed by atoms with Gasteiger partial charge in [-0.05, 0) is 45.8 Å². The summed E-state index contributed by atoms with van der Waals surface area (Å²) in [6.07, 6.45) is 1.46. The molecule has 2 aromatic rings. The number of nitriles is 1. The Morgan fingerprint density at radius 3 is 2.42 bits per heavy atom. The van der Waals surface area contributed by atoms with E-state index in [1.807, 2.05) is 6.07 Å². The van der Waals surface area contributed by atoms with Crippen molar-refractivity contribution >= 4 is 55.2 Å². The summed E-state index contributed by atoms with van der Waals surface area (Å²) in [6.45, 7) is 0. The fourth-order valence-electron chi connectivity index (χ4n) is 1.78. The fourth-order valence-corrected chi connectivity index (χ4v) is 2.51. The minimum absolute atomic E-state index is 0.0809. The van der Waals surface area contributed by atoms with E-state index in [4.69, 9.17) is 0 Å². The average molecular weight is 451 g/mol. The molecule has 0 heterocycles. The van der Waals surface area contributed by atoms with Crippen LogP contribution in [0.3, 0.4) is 0 Å². The Morgan fingerprint density at radius 1 is 1.21 bits per heavy atom. The fraction of sp³-hybridized carbons (Fsp3) is 0. The summed E-state index contributed by atoms with van der Waals surface area (Å²) < 4.78 is 1.24. The molecule has 0 bridgehead atoms. The first-order chi connectivity index (χ1) is 11.4. The lowest BCUT2D eigenvalue weighted by atomic mass is 10.1. The van der Waals surface area contributed by atoms with Gasteiger partial charge in [-0.25, -0.2) is 0 Å². The summed E-state index contributed by atoms with van der Waals surface area (Å²) in [6, 6.07) is 12.9. The minimum Gasteiger partial charge on any atom is -0.320 e. The Morgan fingerprint density at radius 2 is 1.88 bits per heavy atom. The van der Waals surface area contributed by atoms with Crippen molar-refractivity contribution < 1.29 is 9.72 Å². The number of nitro groups is 1. The molecule has 0 aliphatic rings. The summed E-state index contributed by atoms with van der Waals surface area (Å²) in [5.41, 5.74) is 0.851. The van der Waals surface area contributed by atoms with E-state index in [0.29, 0.717) is 15.7 Å². The second kappa shape index (κ2) is 7.86. The van der Waals surface area contributed by atoms with E-state index in [1.165, 1.54) is 24.3 Å². The largest absolute Gasteiger partial charge is 0.320 e. The molecule has 0 atom stereocenters. The highest BCUT2D eigenvalue weighted by Gasteiger charge is 2.14. The van der Waals surface area contributed by atoms with Crippen LogP contribution in [-0.4, -0.2) is 10.8 Å². The summed E-state index contributed by atoms with van der Waals surface area (Å²) in [4.78, 5) is 22.4. The highest BCUT2D eigenvalue weighted by Crippen LogP contribution is 2.27. The van der Waals surface area contributed by atoms with Crippen molar-refractivity contribution in [3.05, 3.63) is 72.7 Å². The maximum atomic E-state index is 12.2. The zero-order valence-corrected chi connectivity index (χ0v) is 15.2. The lowest BCUT2D eigenvalue weighted by molar-refractivity contribution is -0.384. The highest BCUT2D eigenvalue weighted by atomic mass is 79.9. The van der Waals surface area contributed by atoms with Gasteiger partial charge in [-0.3, -0.25) is 14.9 Å². The number of nitrogens with zero attached hydrogens (tertiary/aromatic N) is 2. The predicted molar refractivity (Wildman–Crippen MR) is 97.2 cm³/mol. The number of anilines is 1. The van der Waals surface area contributed by atoms with E-state index in [1.54, 1.807) is 24.3 Å². The summed E-state index contributed by atoms with van der Waals surface area (Å²) >= 11 is 6.47. The molecule has 2 aromatic carbocycles. The molecule has 0 aliphatic carbocycles. The van der Waals surface area contributed by atoms with Crippen molar-refractivity contribution in [2.24, 2.45) is 0 Å². The van der Waals surface area contributed by atoms with Crippen molar-refractivity contribution in [2.45, 2.75) is 0 Å². The summed E-state index contributed by atoms with van der Waals surface area (Å²) in [7, 11) is 0. The van der Waals surface area contributed by atoms with Crippen LogP contribution < -0.4 is 5.32 Å². The van der Waals surface area contributed by atoms with E-state index in [9.17, 15) is 20.2 Å². The maximum Gasteiger partial charge on any atom is 0.270 e. The van der Waals surface area contributed by atoms with Gasteiger partial charge in [-0.15, -0.1) is 0 Å². The van der Waals surface area contributed by atoms with Crippen LogP contribution >= 0.6 is 31.9 Å². The van der Waals surface area contributed by atoms with E-state index in [-0.39, 0.29) is 11.3 Å². The van der Waals surface area contributed by atoms with E-state index < -0.39 is 10.8 Å². The number of hydrogen-bond donors (Lipinski definition) is 1. The molecule has 0 spiro atoms. The number of benzene rings is 2. The Bertz CT molecular complexity index is 871. The van der Waals surface area contributed by atoms with Gasteiger partial charge in [0.25, 0.3) is 11.6 Å². The molecular formula is C16H9Br2N3O3. The van der Waals surface area contributed by atoms with Gasteiger partial charge in [0.15, 0.2) is 0 Å². The topological polar surface area (TPSA) is 96.0 Å². The Balaban J connectivity index is 2.22. The van der Waals surface area contributed by atoms with Crippen LogP contribution in [0, 0.1) is 21.4 Å². The molecule has 24 heavy (non-hydrogen) atoms. The zero-order chi connectivity index (χ0) is 17.7. The van der Waals surface area contributed by atoms with Gasteiger partial charge in [-0.2, -0.15) is 5.26 Å². The van der Waals surface area contributed by atoms with Crippen LogP contribution in [0.15, 0.2) is 57.0 Å². The smallest absolute Gasteiger partial charge is 0.270 e. The van der Waals surface area contributed by atoms with Crippen molar-refractivity contribution in [2.75, 3.05) is 5.32 Å². The van der Waals surface area contributed by atoms with Gasteiger partial charge in [0.2, 0.25) is 0 Å². The molecule has 6 nitrogen and oxygen atoms in total. The third kappa shape index (κ3) is 4.50. The SMILES string of the molecule is N#CC(=Cc1ccc(Br)cc1)C(=O)Nc1ccc([N+](=O)[O-])cc1Br. The first-order valence-corrected chi connectivity index (χ1v) is 8.12. The summed E-state index contributed by atoms with van der Waals surface area (Å²) in [5.74, 6) is -0.602. The number of amides is 1. The van der Waals surface area contributed by atoms with Gasteiger partial charge >= 0.3 is 0 Å². The molecule has 0 radical (unpaired) electrons. The summed E-state index contributed by atoms with van der Waals surface area (Å²) in [5, 5.41) is 22.4. The number of carbonyl (C=O) groups is 1. The van der Waals surface area contributed by atoms with Crippen LogP contribution in [0.2, 0.25) is 0 Å². The third-order valence-electron chi connectivity index (χ3n) is 2.96. The molecule has 2 rings (SSSR count). The molecule has 0 saturated heterocycles. The quantitative estimate of drug-likeness (QED) is 0.317. The minimum atomic E-state index is -0.602. The lowest BCUT2D eigenvalue weighted by Crippen LogP contribution is -2.13. The van der Waals surface area contributed by atoms with Crippen molar-refractivity contribution in [1.29, 1.82) is 5.26 Å². The highest BCUT2D eigenvalue weighted by molar-refractivity contribution is 9.10. The van der Waals surface area contributed by atoms with Crippen LogP contribution in [0.25, 0.3) is 6.08 Å². The molecule has 0 fully saturated rings. The normalized spacial score (nSPS) is 10.8. The average Bonchev–Trinajstić information content (AvgIpc) is 2.55. The molecule has 0 unspecified atom stereocenters. The van der Waals surface area contributed by atoms with E-state index in [0.717, 1.165) is 4.47 Å². The predicted octanol–water partition coefficient (Wildman–Crippen LogP) is 4.67. The van der Waals surface area contributed by atoms with Crippen molar-refractivity contribution in [3.63, 3.8) is 0 Å². The number of non-ortho nitro benzene ring substituents is 1. The van der Waals surface area contributed by atoms with E-state index >= 15 is 0 Å². The molecule has 0 aliphatic heterocycles. The molecule has 0 aromatic heterocycles. The molecule has 8 heteroatoms. The van der Waals surface area contributed by atoms with Gasteiger partial charge in [0, 0.05) is 21.1 Å². The number of nitro benzene ring substituents is 1. The third-order valence-corrected chi connectivity index (χ3v) is 4.14. The van der Waals surface area contributed by atoms with Crippen LogP contribution in [-0.2, 0) is 4.79 Å².